The van der Waals surface area contributed by atoms with Crippen LogP contribution in [0.2, 0.25) is 0 Å². The molecule has 5 nitrogen and oxygen atoms in total. The summed E-state index contributed by atoms with van der Waals surface area (Å²) in [6.07, 6.45) is 1.00. The Morgan fingerprint density at radius 2 is 1.90 bits per heavy atom. The van der Waals surface area contributed by atoms with E-state index in [2.05, 4.69) is 5.32 Å². The molecule has 1 aromatic carbocycles. The summed E-state index contributed by atoms with van der Waals surface area (Å²) in [6.45, 7) is 0.875. The SMILES string of the molecule is Cl.NCCCC(CC(=O)O)C(=O)NCc1ccccc1. The van der Waals surface area contributed by atoms with E-state index in [0.29, 0.717) is 25.9 Å². The summed E-state index contributed by atoms with van der Waals surface area (Å²) in [5.41, 5.74) is 6.38. The Morgan fingerprint density at radius 1 is 1.25 bits per heavy atom. The maximum Gasteiger partial charge on any atom is 0.304 e. The number of nitrogens with one attached hydrogen (secondary N) is 1. The molecular formula is C14H21ClN2O3. The van der Waals surface area contributed by atoms with Gasteiger partial charge in [-0.2, -0.15) is 0 Å². The van der Waals surface area contributed by atoms with E-state index in [1.165, 1.54) is 0 Å². The maximum atomic E-state index is 11.9. The normalized spacial score (nSPS) is 11.2. The number of carboxylic acids is 1. The molecule has 1 atom stereocenters. The molecule has 0 radical (unpaired) electrons. The predicted molar refractivity (Wildman–Crippen MR) is 79.6 cm³/mol. The number of carbonyl (C=O) groups excluding carboxylic acids is 1. The monoisotopic (exact) mass is 300 g/mol. The maximum absolute atomic E-state index is 11.9. The van der Waals surface area contributed by atoms with Gasteiger partial charge in [-0.05, 0) is 24.9 Å². The van der Waals surface area contributed by atoms with E-state index in [0.717, 1.165) is 5.56 Å². The van der Waals surface area contributed by atoms with Crippen molar-refractivity contribution in [2.24, 2.45) is 11.7 Å². The third-order valence-electron chi connectivity index (χ3n) is 2.86. The number of carbonyl (C=O) groups is 2. The smallest absolute Gasteiger partial charge is 0.304 e. The summed E-state index contributed by atoms with van der Waals surface area (Å²) in [5, 5.41) is 11.6. The highest BCUT2D eigenvalue weighted by Crippen LogP contribution is 2.11. The lowest BCUT2D eigenvalue weighted by Gasteiger charge is -2.14. The molecule has 0 saturated heterocycles. The zero-order chi connectivity index (χ0) is 14.1. The number of rotatable bonds is 8. The van der Waals surface area contributed by atoms with Crippen LogP contribution in [-0.2, 0) is 16.1 Å². The molecule has 0 aliphatic rings. The zero-order valence-electron chi connectivity index (χ0n) is 11.2. The highest BCUT2D eigenvalue weighted by molar-refractivity contribution is 5.85. The molecule has 1 aromatic rings. The first-order valence-corrected chi connectivity index (χ1v) is 6.37. The Balaban J connectivity index is 0.00000361. The van der Waals surface area contributed by atoms with Crippen molar-refractivity contribution >= 4 is 24.3 Å². The molecule has 4 N–H and O–H groups in total. The number of amides is 1. The van der Waals surface area contributed by atoms with E-state index in [4.69, 9.17) is 10.8 Å². The van der Waals surface area contributed by atoms with Crippen molar-refractivity contribution in [2.45, 2.75) is 25.8 Å². The van der Waals surface area contributed by atoms with Crippen molar-refractivity contribution in [2.75, 3.05) is 6.54 Å². The number of aliphatic carboxylic acids is 1. The van der Waals surface area contributed by atoms with Crippen LogP contribution in [0.25, 0.3) is 0 Å². The first-order chi connectivity index (χ1) is 9.13. The lowest BCUT2D eigenvalue weighted by Crippen LogP contribution is -2.32. The summed E-state index contributed by atoms with van der Waals surface area (Å²) in [5.74, 6) is -1.69. The van der Waals surface area contributed by atoms with Crippen molar-refractivity contribution in [1.82, 2.24) is 5.32 Å². The second kappa shape index (κ2) is 10.2. The van der Waals surface area contributed by atoms with Crippen molar-refractivity contribution in [3.8, 4) is 0 Å². The molecule has 0 aliphatic carbocycles. The highest BCUT2D eigenvalue weighted by atomic mass is 35.5. The number of benzene rings is 1. The van der Waals surface area contributed by atoms with Crippen molar-refractivity contribution < 1.29 is 14.7 Å². The summed E-state index contributed by atoms with van der Waals surface area (Å²) in [7, 11) is 0. The van der Waals surface area contributed by atoms with E-state index in [1.54, 1.807) is 0 Å². The molecule has 0 fully saturated rings. The molecule has 1 rings (SSSR count). The van der Waals surface area contributed by atoms with Gasteiger partial charge in [0.25, 0.3) is 0 Å². The van der Waals surface area contributed by atoms with Crippen molar-refractivity contribution in [3.63, 3.8) is 0 Å². The van der Waals surface area contributed by atoms with Crippen LogP contribution in [0.3, 0.4) is 0 Å². The summed E-state index contributed by atoms with van der Waals surface area (Å²) in [4.78, 5) is 22.7. The first-order valence-electron chi connectivity index (χ1n) is 6.37. The second-order valence-corrected chi connectivity index (χ2v) is 4.43. The molecule has 6 heteroatoms. The minimum Gasteiger partial charge on any atom is -0.481 e. The van der Waals surface area contributed by atoms with Crippen LogP contribution in [0, 0.1) is 5.92 Å². The number of hydrogen-bond acceptors (Lipinski definition) is 3. The molecule has 0 spiro atoms. The van der Waals surface area contributed by atoms with Gasteiger partial charge in [0.05, 0.1) is 6.42 Å². The first kappa shape index (κ1) is 18.4. The van der Waals surface area contributed by atoms with Crippen molar-refractivity contribution in [3.05, 3.63) is 35.9 Å². The largest absolute Gasteiger partial charge is 0.481 e. The minimum absolute atomic E-state index is 0. The molecule has 0 saturated carbocycles. The van der Waals surface area contributed by atoms with Crippen LogP contribution in [0.5, 0.6) is 0 Å². The zero-order valence-corrected chi connectivity index (χ0v) is 12.1. The van der Waals surface area contributed by atoms with Crippen LogP contribution in [0.15, 0.2) is 30.3 Å². The summed E-state index contributed by atoms with van der Waals surface area (Å²) in [6, 6.07) is 9.51. The molecule has 1 unspecified atom stereocenters. The lowest BCUT2D eigenvalue weighted by atomic mass is 9.98. The molecule has 112 valence electrons. The van der Waals surface area contributed by atoms with Gasteiger partial charge < -0.3 is 16.2 Å². The quantitative estimate of drug-likeness (QED) is 0.679. The van der Waals surface area contributed by atoms with Gasteiger partial charge in [-0.1, -0.05) is 30.3 Å². The molecule has 20 heavy (non-hydrogen) atoms. The van der Waals surface area contributed by atoms with Crippen LogP contribution >= 0.6 is 12.4 Å². The van der Waals surface area contributed by atoms with Gasteiger partial charge in [-0.3, -0.25) is 9.59 Å². The number of halogens is 1. The third kappa shape index (κ3) is 7.11. The average Bonchev–Trinajstić information content (AvgIpc) is 2.41. The fourth-order valence-electron chi connectivity index (χ4n) is 1.83. The molecular weight excluding hydrogens is 280 g/mol. The van der Waals surface area contributed by atoms with Crippen LogP contribution in [0.4, 0.5) is 0 Å². The van der Waals surface area contributed by atoms with E-state index >= 15 is 0 Å². The van der Waals surface area contributed by atoms with Gasteiger partial charge >= 0.3 is 5.97 Å². The van der Waals surface area contributed by atoms with E-state index in [9.17, 15) is 9.59 Å². The Kier molecular flexibility index (Phi) is 9.41. The van der Waals surface area contributed by atoms with Crippen LogP contribution < -0.4 is 11.1 Å². The van der Waals surface area contributed by atoms with Gasteiger partial charge in [0, 0.05) is 12.5 Å². The fraction of sp³-hybridized carbons (Fsp3) is 0.429. The van der Waals surface area contributed by atoms with Crippen LogP contribution in [-0.4, -0.2) is 23.5 Å². The van der Waals surface area contributed by atoms with E-state index in [-0.39, 0.29) is 24.7 Å². The van der Waals surface area contributed by atoms with Gasteiger partial charge in [0.2, 0.25) is 5.91 Å². The summed E-state index contributed by atoms with van der Waals surface area (Å²) >= 11 is 0. The Labute approximate surface area is 125 Å². The standard InChI is InChI=1S/C14H20N2O3.ClH/c15-8-4-7-12(9-13(17)18)14(19)16-10-11-5-2-1-3-6-11;/h1-3,5-6,12H,4,7-10,15H2,(H,16,19)(H,17,18);1H. The minimum atomic E-state index is -0.961. The Bertz CT molecular complexity index is 412. The van der Waals surface area contributed by atoms with Crippen molar-refractivity contribution in [1.29, 1.82) is 0 Å². The average molecular weight is 301 g/mol. The van der Waals surface area contributed by atoms with Gasteiger partial charge in [-0.15, -0.1) is 12.4 Å². The molecule has 0 aliphatic heterocycles. The predicted octanol–water partition coefficient (Wildman–Crippen LogP) is 1.55. The Hall–Kier alpha value is -1.59. The van der Waals surface area contributed by atoms with Gasteiger partial charge in [0.1, 0.15) is 0 Å². The Morgan fingerprint density at radius 3 is 2.45 bits per heavy atom. The number of hydrogen-bond donors (Lipinski definition) is 3. The molecule has 0 bridgehead atoms. The second-order valence-electron chi connectivity index (χ2n) is 4.43. The van der Waals surface area contributed by atoms with E-state index < -0.39 is 11.9 Å². The summed E-state index contributed by atoms with van der Waals surface area (Å²) < 4.78 is 0. The van der Waals surface area contributed by atoms with Gasteiger partial charge in [0.15, 0.2) is 0 Å². The fourth-order valence-corrected chi connectivity index (χ4v) is 1.83. The van der Waals surface area contributed by atoms with Crippen LogP contribution in [0.1, 0.15) is 24.8 Å². The number of carboxylic acid groups (broad SMARTS) is 1. The lowest BCUT2D eigenvalue weighted by molar-refractivity contribution is -0.141. The molecule has 0 aromatic heterocycles. The molecule has 0 heterocycles. The third-order valence-corrected chi connectivity index (χ3v) is 2.86. The van der Waals surface area contributed by atoms with E-state index in [1.807, 2.05) is 30.3 Å². The topological polar surface area (TPSA) is 92.4 Å². The number of nitrogens with two attached hydrogens (primary N) is 1. The molecule has 1 amide bonds. The van der Waals surface area contributed by atoms with Gasteiger partial charge in [-0.25, -0.2) is 0 Å². The highest BCUT2D eigenvalue weighted by Gasteiger charge is 2.20.